The molecule has 0 atom stereocenters. The molecular formula is C33H43BrN2O2. The fourth-order valence-electron chi connectivity index (χ4n) is 4.55. The molecule has 4 nitrogen and oxygen atoms in total. The molecule has 1 aromatic heterocycles. The number of unbranched alkanes of at least 4 members (excludes halogenated alkanes) is 10. The average molecular weight is 580 g/mol. The minimum atomic E-state index is -0.361. The molecule has 0 fully saturated rings. The number of halogens is 1. The van der Waals surface area contributed by atoms with Crippen LogP contribution in [0.5, 0.6) is 5.75 Å². The van der Waals surface area contributed by atoms with Crippen molar-refractivity contribution in [3.05, 3.63) is 76.0 Å². The van der Waals surface area contributed by atoms with Crippen molar-refractivity contribution in [1.82, 2.24) is 9.97 Å². The van der Waals surface area contributed by atoms with Gasteiger partial charge in [-0.15, -0.1) is 0 Å². The zero-order valence-corrected chi connectivity index (χ0v) is 24.8. The molecule has 0 radical (unpaired) electrons. The van der Waals surface area contributed by atoms with Crippen LogP contribution in [-0.2, 0) is 12.8 Å². The largest absolute Gasteiger partial charge is 0.423 e. The first-order chi connectivity index (χ1) is 18.6. The second-order valence-electron chi connectivity index (χ2n) is 10.2. The molecule has 0 aliphatic rings. The summed E-state index contributed by atoms with van der Waals surface area (Å²) in [7, 11) is 0. The van der Waals surface area contributed by atoms with Crippen molar-refractivity contribution in [2.45, 2.75) is 104 Å². The molecule has 0 saturated heterocycles. The first-order valence-corrected chi connectivity index (χ1v) is 15.3. The second kappa shape index (κ2) is 17.1. The third-order valence-electron chi connectivity index (χ3n) is 6.94. The van der Waals surface area contributed by atoms with Crippen LogP contribution in [0.2, 0.25) is 0 Å². The SMILES string of the molecule is CCCCCCCCCc1ccc(C(=O)Oc2ccc(-c3ncc(CCCCCCC)cn3)cc2)cc1Br. The summed E-state index contributed by atoms with van der Waals surface area (Å²) in [4.78, 5) is 21.8. The summed E-state index contributed by atoms with van der Waals surface area (Å²) in [6, 6.07) is 13.1. The van der Waals surface area contributed by atoms with Gasteiger partial charge >= 0.3 is 5.97 Å². The highest BCUT2D eigenvalue weighted by Crippen LogP contribution is 2.24. The Labute approximate surface area is 237 Å². The van der Waals surface area contributed by atoms with Crippen LogP contribution < -0.4 is 4.74 Å². The molecule has 0 aliphatic carbocycles. The number of aryl methyl sites for hydroxylation is 2. The molecule has 38 heavy (non-hydrogen) atoms. The van der Waals surface area contributed by atoms with Crippen LogP contribution in [0.15, 0.2) is 59.3 Å². The minimum Gasteiger partial charge on any atom is -0.423 e. The van der Waals surface area contributed by atoms with E-state index in [0.29, 0.717) is 17.1 Å². The summed E-state index contributed by atoms with van der Waals surface area (Å²) in [6.07, 6.45) is 21.2. The Hall–Kier alpha value is -2.53. The van der Waals surface area contributed by atoms with E-state index in [-0.39, 0.29) is 5.97 Å². The molecule has 2 aromatic carbocycles. The lowest BCUT2D eigenvalue weighted by molar-refractivity contribution is 0.0734. The van der Waals surface area contributed by atoms with Gasteiger partial charge in [-0.2, -0.15) is 0 Å². The van der Waals surface area contributed by atoms with Crippen molar-refractivity contribution in [3.8, 4) is 17.1 Å². The van der Waals surface area contributed by atoms with Gasteiger partial charge in [-0.25, -0.2) is 14.8 Å². The maximum atomic E-state index is 12.7. The number of nitrogens with zero attached hydrogens (tertiary/aromatic N) is 2. The number of carbonyl (C=O) groups excluding carboxylic acids is 1. The van der Waals surface area contributed by atoms with Crippen molar-refractivity contribution in [1.29, 1.82) is 0 Å². The van der Waals surface area contributed by atoms with Crippen LogP contribution in [0, 0.1) is 0 Å². The normalized spacial score (nSPS) is 11.0. The van der Waals surface area contributed by atoms with E-state index < -0.39 is 0 Å². The van der Waals surface area contributed by atoms with E-state index in [1.807, 2.05) is 42.7 Å². The van der Waals surface area contributed by atoms with E-state index in [1.54, 1.807) is 12.1 Å². The topological polar surface area (TPSA) is 52.1 Å². The highest BCUT2D eigenvalue weighted by Gasteiger charge is 2.12. The summed E-state index contributed by atoms with van der Waals surface area (Å²) < 4.78 is 6.59. The fraction of sp³-hybridized carbons (Fsp3) is 0.485. The summed E-state index contributed by atoms with van der Waals surface area (Å²) in [6.45, 7) is 4.48. The van der Waals surface area contributed by atoms with Crippen LogP contribution in [0.3, 0.4) is 0 Å². The molecule has 5 heteroatoms. The number of hydrogen-bond acceptors (Lipinski definition) is 4. The van der Waals surface area contributed by atoms with E-state index >= 15 is 0 Å². The zero-order chi connectivity index (χ0) is 27.0. The minimum absolute atomic E-state index is 0.361. The number of rotatable bonds is 17. The molecule has 3 aromatic rings. The molecule has 0 N–H and O–H groups in total. The average Bonchev–Trinajstić information content (AvgIpc) is 2.94. The highest BCUT2D eigenvalue weighted by molar-refractivity contribution is 9.10. The summed E-state index contributed by atoms with van der Waals surface area (Å²) in [5, 5.41) is 0. The van der Waals surface area contributed by atoms with E-state index in [1.165, 1.54) is 88.2 Å². The molecule has 0 amide bonds. The van der Waals surface area contributed by atoms with Crippen molar-refractivity contribution in [3.63, 3.8) is 0 Å². The Kier molecular flexibility index (Phi) is 13.5. The molecule has 0 aliphatic heterocycles. The van der Waals surface area contributed by atoms with Gasteiger partial charge in [-0.05, 0) is 73.2 Å². The van der Waals surface area contributed by atoms with Crippen molar-refractivity contribution in [2.75, 3.05) is 0 Å². The molecular weight excluding hydrogens is 536 g/mol. The molecule has 3 rings (SSSR count). The number of hydrogen-bond donors (Lipinski definition) is 0. The molecule has 0 spiro atoms. The summed E-state index contributed by atoms with van der Waals surface area (Å²) in [5.74, 6) is 0.823. The van der Waals surface area contributed by atoms with Crippen LogP contribution in [0.4, 0.5) is 0 Å². The molecule has 204 valence electrons. The lowest BCUT2D eigenvalue weighted by Crippen LogP contribution is -2.08. The Morgan fingerprint density at radius 1 is 0.737 bits per heavy atom. The van der Waals surface area contributed by atoms with Crippen LogP contribution in [-0.4, -0.2) is 15.9 Å². The molecule has 0 bridgehead atoms. The smallest absolute Gasteiger partial charge is 0.343 e. The number of ether oxygens (including phenoxy) is 1. The number of carbonyl (C=O) groups is 1. The van der Waals surface area contributed by atoms with E-state index in [4.69, 9.17) is 4.74 Å². The summed E-state index contributed by atoms with van der Waals surface area (Å²) in [5.41, 5.74) is 3.85. The molecule has 0 saturated carbocycles. The van der Waals surface area contributed by atoms with E-state index in [2.05, 4.69) is 39.7 Å². The number of benzene rings is 2. The van der Waals surface area contributed by atoms with Gasteiger partial charge in [0, 0.05) is 22.4 Å². The zero-order valence-electron chi connectivity index (χ0n) is 23.2. The third kappa shape index (κ3) is 10.3. The van der Waals surface area contributed by atoms with Crippen molar-refractivity contribution in [2.24, 2.45) is 0 Å². The lowest BCUT2D eigenvalue weighted by atomic mass is 10.0. The number of esters is 1. The van der Waals surface area contributed by atoms with Crippen molar-refractivity contribution >= 4 is 21.9 Å². The molecule has 1 heterocycles. The van der Waals surface area contributed by atoms with Gasteiger partial charge in [0.15, 0.2) is 5.82 Å². The Balaban J connectivity index is 1.46. The first kappa shape index (κ1) is 30.0. The Morgan fingerprint density at radius 3 is 1.92 bits per heavy atom. The quantitative estimate of drug-likeness (QED) is 0.0907. The fourth-order valence-corrected chi connectivity index (χ4v) is 5.13. The number of aromatic nitrogens is 2. The van der Waals surface area contributed by atoms with Crippen LogP contribution >= 0.6 is 15.9 Å². The third-order valence-corrected chi connectivity index (χ3v) is 7.67. The predicted molar refractivity (Wildman–Crippen MR) is 161 cm³/mol. The van der Waals surface area contributed by atoms with Gasteiger partial charge in [0.2, 0.25) is 0 Å². The van der Waals surface area contributed by atoms with Gasteiger partial charge in [0.05, 0.1) is 5.56 Å². The highest BCUT2D eigenvalue weighted by atomic mass is 79.9. The molecule has 0 unspecified atom stereocenters. The van der Waals surface area contributed by atoms with Crippen LogP contribution in [0.1, 0.15) is 112 Å². The standard InChI is InChI=1S/C33H43BrN2O2/c1-3-5-7-9-10-12-14-16-27-17-18-29(23-31(27)34)33(37)38-30-21-19-28(20-22-30)32-35-24-26(25-36-32)15-13-11-8-6-4-2/h17-25H,3-16H2,1-2H3. The summed E-state index contributed by atoms with van der Waals surface area (Å²) >= 11 is 3.65. The van der Waals surface area contributed by atoms with Gasteiger partial charge in [0.1, 0.15) is 5.75 Å². The van der Waals surface area contributed by atoms with E-state index in [9.17, 15) is 4.79 Å². The lowest BCUT2D eigenvalue weighted by Gasteiger charge is -2.09. The first-order valence-electron chi connectivity index (χ1n) is 14.5. The van der Waals surface area contributed by atoms with Gasteiger partial charge in [-0.1, -0.05) is 100 Å². The van der Waals surface area contributed by atoms with Gasteiger partial charge in [-0.3, -0.25) is 0 Å². The predicted octanol–water partition coefficient (Wildman–Crippen LogP) is 9.93. The monoisotopic (exact) mass is 578 g/mol. The van der Waals surface area contributed by atoms with Crippen LogP contribution in [0.25, 0.3) is 11.4 Å². The van der Waals surface area contributed by atoms with Gasteiger partial charge < -0.3 is 4.74 Å². The maximum Gasteiger partial charge on any atom is 0.343 e. The Morgan fingerprint density at radius 2 is 1.32 bits per heavy atom. The maximum absolute atomic E-state index is 12.7. The Bertz CT molecular complexity index is 1100. The van der Waals surface area contributed by atoms with Crippen molar-refractivity contribution < 1.29 is 9.53 Å². The van der Waals surface area contributed by atoms with Gasteiger partial charge in [0.25, 0.3) is 0 Å². The second-order valence-corrected chi connectivity index (χ2v) is 11.0. The van der Waals surface area contributed by atoms with E-state index in [0.717, 1.165) is 22.9 Å².